The predicted octanol–water partition coefficient (Wildman–Crippen LogP) is 2.06. The van der Waals surface area contributed by atoms with E-state index in [0.717, 1.165) is 0 Å². The van der Waals surface area contributed by atoms with Gasteiger partial charge in [-0.1, -0.05) is 34.6 Å². The molecule has 0 saturated heterocycles. The Balaban J connectivity index is 4.32. The highest BCUT2D eigenvalue weighted by Crippen LogP contribution is 2.26. The summed E-state index contributed by atoms with van der Waals surface area (Å²) in [4.78, 5) is 0. The van der Waals surface area contributed by atoms with E-state index in [1.807, 2.05) is 20.8 Å². The number of hydrogen-bond donors (Lipinski definition) is 1. The molecular weight excluding hydrogens is 152 g/mol. The summed E-state index contributed by atoms with van der Waals surface area (Å²) in [7, 11) is 1.65. The van der Waals surface area contributed by atoms with Gasteiger partial charge in [0.2, 0.25) is 0 Å². The molecule has 74 valence electrons. The lowest BCUT2D eigenvalue weighted by atomic mass is 9.82. The normalized spacial score (nSPS) is 18.0. The monoisotopic (exact) mass is 174 g/mol. The molecule has 0 aliphatic carbocycles. The van der Waals surface area contributed by atoms with Crippen molar-refractivity contribution in [3.05, 3.63) is 0 Å². The molecule has 0 aliphatic heterocycles. The van der Waals surface area contributed by atoms with Crippen molar-refractivity contribution in [2.24, 2.45) is 11.3 Å². The van der Waals surface area contributed by atoms with E-state index >= 15 is 0 Å². The SMILES string of the molecule is COC(C(C)C)C(O)C(C)(C)C. The zero-order valence-electron chi connectivity index (χ0n) is 9.09. The van der Waals surface area contributed by atoms with Gasteiger partial charge in [-0.2, -0.15) is 0 Å². The first kappa shape index (κ1) is 11.9. The molecule has 12 heavy (non-hydrogen) atoms. The van der Waals surface area contributed by atoms with Gasteiger partial charge in [-0.25, -0.2) is 0 Å². The van der Waals surface area contributed by atoms with E-state index in [-0.39, 0.29) is 11.5 Å². The molecule has 0 aromatic carbocycles. The molecule has 0 rings (SSSR count). The molecule has 0 aromatic heterocycles. The van der Waals surface area contributed by atoms with Gasteiger partial charge in [-0.15, -0.1) is 0 Å². The third kappa shape index (κ3) is 3.11. The van der Waals surface area contributed by atoms with Crippen molar-refractivity contribution < 1.29 is 9.84 Å². The lowest BCUT2D eigenvalue weighted by Gasteiger charge is -2.34. The molecule has 0 aliphatic rings. The van der Waals surface area contributed by atoms with Gasteiger partial charge in [0.1, 0.15) is 0 Å². The Morgan fingerprint density at radius 2 is 1.58 bits per heavy atom. The number of hydrogen-bond acceptors (Lipinski definition) is 2. The van der Waals surface area contributed by atoms with Crippen LogP contribution in [-0.2, 0) is 4.74 Å². The van der Waals surface area contributed by atoms with Crippen molar-refractivity contribution in [1.82, 2.24) is 0 Å². The lowest BCUT2D eigenvalue weighted by Crippen LogP contribution is -2.41. The van der Waals surface area contributed by atoms with Crippen molar-refractivity contribution in [3.63, 3.8) is 0 Å². The van der Waals surface area contributed by atoms with E-state index < -0.39 is 6.10 Å². The van der Waals surface area contributed by atoms with Crippen LogP contribution in [0.1, 0.15) is 34.6 Å². The first-order valence-electron chi connectivity index (χ1n) is 4.51. The fraction of sp³-hybridized carbons (Fsp3) is 1.00. The summed E-state index contributed by atoms with van der Waals surface area (Å²) in [6.07, 6.45) is -0.465. The average molecular weight is 174 g/mol. The van der Waals surface area contributed by atoms with Gasteiger partial charge in [-0.05, 0) is 11.3 Å². The molecular formula is C10H22O2. The van der Waals surface area contributed by atoms with Crippen LogP contribution in [-0.4, -0.2) is 24.4 Å². The largest absolute Gasteiger partial charge is 0.390 e. The van der Waals surface area contributed by atoms with Crippen LogP contribution in [0, 0.1) is 11.3 Å². The van der Waals surface area contributed by atoms with Gasteiger partial charge in [-0.3, -0.25) is 0 Å². The summed E-state index contributed by atoms with van der Waals surface area (Å²) in [6.45, 7) is 10.2. The van der Waals surface area contributed by atoms with Gasteiger partial charge in [0.25, 0.3) is 0 Å². The minimum absolute atomic E-state index is 0.0648. The third-order valence-electron chi connectivity index (χ3n) is 2.13. The van der Waals surface area contributed by atoms with Crippen LogP contribution in [0.25, 0.3) is 0 Å². The summed E-state index contributed by atoms with van der Waals surface area (Å²) in [5, 5.41) is 9.89. The van der Waals surface area contributed by atoms with Gasteiger partial charge in [0, 0.05) is 7.11 Å². The molecule has 2 nitrogen and oxygen atoms in total. The zero-order valence-corrected chi connectivity index (χ0v) is 9.09. The van der Waals surface area contributed by atoms with Crippen molar-refractivity contribution >= 4 is 0 Å². The van der Waals surface area contributed by atoms with Crippen molar-refractivity contribution in [2.45, 2.75) is 46.8 Å². The molecule has 0 spiro atoms. The smallest absolute Gasteiger partial charge is 0.0858 e. The number of methoxy groups -OCH3 is 1. The zero-order chi connectivity index (χ0) is 9.94. The number of aliphatic hydroxyl groups is 1. The maximum atomic E-state index is 9.89. The summed E-state index contributed by atoms with van der Waals surface area (Å²) in [6, 6.07) is 0. The Kier molecular flexibility index (Phi) is 4.21. The topological polar surface area (TPSA) is 29.5 Å². The summed E-state index contributed by atoms with van der Waals surface area (Å²) in [5.41, 5.74) is -0.106. The number of aliphatic hydroxyl groups excluding tert-OH is 1. The molecule has 0 amide bonds. The van der Waals surface area contributed by atoms with Crippen LogP contribution >= 0.6 is 0 Å². The molecule has 0 bridgehead atoms. The second kappa shape index (κ2) is 4.24. The second-order valence-electron chi connectivity index (χ2n) is 4.76. The molecule has 0 aromatic rings. The first-order chi connectivity index (χ1) is 5.30. The maximum Gasteiger partial charge on any atom is 0.0858 e. The van der Waals surface area contributed by atoms with Gasteiger partial charge in [0.15, 0.2) is 0 Å². The molecule has 0 fully saturated rings. The highest BCUT2D eigenvalue weighted by Gasteiger charge is 2.32. The predicted molar refractivity (Wildman–Crippen MR) is 51.1 cm³/mol. The second-order valence-corrected chi connectivity index (χ2v) is 4.76. The standard InChI is InChI=1S/C10H22O2/c1-7(2)8(12-6)9(11)10(3,4)5/h7-9,11H,1-6H3. The van der Waals surface area contributed by atoms with Crippen LogP contribution in [0.2, 0.25) is 0 Å². The molecule has 2 unspecified atom stereocenters. The highest BCUT2D eigenvalue weighted by atomic mass is 16.5. The van der Waals surface area contributed by atoms with E-state index in [4.69, 9.17) is 4.74 Å². The summed E-state index contributed by atoms with van der Waals surface area (Å²) in [5.74, 6) is 0.351. The third-order valence-corrected chi connectivity index (χ3v) is 2.13. The fourth-order valence-corrected chi connectivity index (χ4v) is 1.26. The Morgan fingerprint density at radius 1 is 1.17 bits per heavy atom. The van der Waals surface area contributed by atoms with Gasteiger partial charge in [0.05, 0.1) is 12.2 Å². The minimum Gasteiger partial charge on any atom is -0.390 e. The summed E-state index contributed by atoms with van der Waals surface area (Å²) >= 11 is 0. The van der Waals surface area contributed by atoms with Crippen LogP contribution in [0.3, 0.4) is 0 Å². The Labute approximate surface area is 75.9 Å². The van der Waals surface area contributed by atoms with E-state index in [1.165, 1.54) is 0 Å². The van der Waals surface area contributed by atoms with Crippen LogP contribution in [0.15, 0.2) is 0 Å². The number of rotatable bonds is 3. The van der Waals surface area contributed by atoms with E-state index in [1.54, 1.807) is 7.11 Å². The average Bonchev–Trinajstić information content (AvgIpc) is 1.86. The molecule has 0 heterocycles. The van der Waals surface area contributed by atoms with Crippen LogP contribution < -0.4 is 0 Å². The summed E-state index contributed by atoms with van der Waals surface area (Å²) < 4.78 is 5.25. The Bertz CT molecular complexity index is 124. The molecule has 0 saturated carbocycles. The maximum absolute atomic E-state index is 9.89. The Hall–Kier alpha value is -0.0800. The molecule has 1 N–H and O–H groups in total. The fourth-order valence-electron chi connectivity index (χ4n) is 1.26. The van der Waals surface area contributed by atoms with Gasteiger partial charge < -0.3 is 9.84 Å². The molecule has 2 atom stereocenters. The van der Waals surface area contributed by atoms with Crippen molar-refractivity contribution in [2.75, 3.05) is 7.11 Å². The minimum atomic E-state index is -0.400. The quantitative estimate of drug-likeness (QED) is 0.709. The van der Waals surface area contributed by atoms with E-state index in [2.05, 4.69) is 13.8 Å². The first-order valence-corrected chi connectivity index (χ1v) is 4.51. The molecule has 2 heteroatoms. The molecule has 0 radical (unpaired) electrons. The van der Waals surface area contributed by atoms with Gasteiger partial charge >= 0.3 is 0 Å². The number of ether oxygens (including phenoxy) is 1. The van der Waals surface area contributed by atoms with E-state index in [9.17, 15) is 5.11 Å². The highest BCUT2D eigenvalue weighted by molar-refractivity contribution is 4.82. The lowest BCUT2D eigenvalue weighted by molar-refractivity contribution is -0.0841. The Morgan fingerprint density at radius 3 is 1.67 bits per heavy atom. The van der Waals surface area contributed by atoms with Crippen molar-refractivity contribution in [3.8, 4) is 0 Å². The van der Waals surface area contributed by atoms with Crippen LogP contribution in [0.5, 0.6) is 0 Å². The van der Waals surface area contributed by atoms with E-state index in [0.29, 0.717) is 5.92 Å². The van der Waals surface area contributed by atoms with Crippen molar-refractivity contribution in [1.29, 1.82) is 0 Å². The van der Waals surface area contributed by atoms with Crippen LogP contribution in [0.4, 0.5) is 0 Å².